The van der Waals surface area contributed by atoms with Gasteiger partial charge >= 0.3 is 0 Å². The lowest BCUT2D eigenvalue weighted by molar-refractivity contribution is 0.227. The van der Waals surface area contributed by atoms with Gasteiger partial charge in [0.1, 0.15) is 0 Å². The number of rotatable bonds is 5. The van der Waals surface area contributed by atoms with E-state index in [9.17, 15) is 0 Å². The highest BCUT2D eigenvalue weighted by molar-refractivity contribution is 7.09. The fourth-order valence-corrected chi connectivity index (χ4v) is 3.01. The molecule has 4 heteroatoms. The van der Waals surface area contributed by atoms with Crippen LogP contribution >= 0.6 is 11.3 Å². The number of piperidine rings is 1. The van der Waals surface area contributed by atoms with Gasteiger partial charge in [0.25, 0.3) is 0 Å². The Morgan fingerprint density at radius 1 is 1.41 bits per heavy atom. The SMILES string of the molecule is Cc1nc(C(C)NCCN2CCCCC2)cs1. The fourth-order valence-electron chi connectivity index (χ4n) is 2.31. The maximum absolute atomic E-state index is 4.52. The van der Waals surface area contributed by atoms with Gasteiger partial charge in [-0.3, -0.25) is 0 Å². The van der Waals surface area contributed by atoms with E-state index in [4.69, 9.17) is 0 Å². The Labute approximate surface area is 108 Å². The molecule has 1 unspecified atom stereocenters. The number of thiazole rings is 1. The van der Waals surface area contributed by atoms with Crippen LogP contribution in [0.2, 0.25) is 0 Å². The van der Waals surface area contributed by atoms with E-state index in [2.05, 4.69) is 34.4 Å². The molecular formula is C13H23N3S. The van der Waals surface area contributed by atoms with Gasteiger partial charge in [-0.05, 0) is 39.8 Å². The molecule has 0 saturated carbocycles. The minimum absolute atomic E-state index is 0.379. The van der Waals surface area contributed by atoms with Gasteiger partial charge in [0.2, 0.25) is 0 Å². The van der Waals surface area contributed by atoms with Crippen LogP contribution in [0.1, 0.15) is 42.9 Å². The van der Waals surface area contributed by atoms with Crippen LogP contribution in [0.4, 0.5) is 0 Å². The first kappa shape index (κ1) is 13.0. The summed E-state index contributed by atoms with van der Waals surface area (Å²) in [5, 5.41) is 6.88. The average molecular weight is 253 g/mol. The highest BCUT2D eigenvalue weighted by Gasteiger charge is 2.11. The Bertz CT molecular complexity index is 331. The van der Waals surface area contributed by atoms with Gasteiger partial charge < -0.3 is 10.2 Å². The zero-order valence-electron chi connectivity index (χ0n) is 10.9. The smallest absolute Gasteiger partial charge is 0.0898 e. The summed E-state index contributed by atoms with van der Waals surface area (Å²) >= 11 is 1.73. The van der Waals surface area contributed by atoms with Crippen molar-refractivity contribution in [2.24, 2.45) is 0 Å². The van der Waals surface area contributed by atoms with Crippen molar-refractivity contribution in [3.8, 4) is 0 Å². The van der Waals surface area contributed by atoms with Crippen LogP contribution in [0.15, 0.2) is 5.38 Å². The quantitative estimate of drug-likeness (QED) is 0.874. The summed E-state index contributed by atoms with van der Waals surface area (Å²) in [6, 6.07) is 0.379. The molecule has 0 aliphatic carbocycles. The van der Waals surface area contributed by atoms with Crippen molar-refractivity contribution in [2.75, 3.05) is 26.2 Å². The summed E-state index contributed by atoms with van der Waals surface area (Å²) in [6.45, 7) is 9.07. The summed E-state index contributed by atoms with van der Waals surface area (Å²) in [4.78, 5) is 7.08. The van der Waals surface area contributed by atoms with E-state index in [1.807, 2.05) is 0 Å². The van der Waals surface area contributed by atoms with Crippen LogP contribution in [0.5, 0.6) is 0 Å². The van der Waals surface area contributed by atoms with Crippen molar-refractivity contribution in [1.82, 2.24) is 15.2 Å². The number of aryl methyl sites for hydroxylation is 1. The first-order chi connectivity index (χ1) is 8.25. The standard InChI is InChI=1S/C13H23N3S/c1-11(13-10-17-12(2)15-13)14-6-9-16-7-4-3-5-8-16/h10-11,14H,3-9H2,1-2H3. The van der Waals surface area contributed by atoms with Crippen LogP contribution in [0, 0.1) is 6.92 Å². The summed E-state index contributed by atoms with van der Waals surface area (Å²) in [7, 11) is 0. The Morgan fingerprint density at radius 2 is 2.18 bits per heavy atom. The zero-order valence-corrected chi connectivity index (χ0v) is 11.7. The molecule has 2 rings (SSSR count). The van der Waals surface area contributed by atoms with E-state index in [1.54, 1.807) is 11.3 Å². The van der Waals surface area contributed by atoms with E-state index in [0.717, 1.165) is 11.6 Å². The van der Waals surface area contributed by atoms with E-state index in [-0.39, 0.29) is 0 Å². The van der Waals surface area contributed by atoms with E-state index >= 15 is 0 Å². The van der Waals surface area contributed by atoms with Crippen molar-refractivity contribution in [2.45, 2.75) is 39.2 Å². The van der Waals surface area contributed by atoms with Gasteiger partial charge in [-0.2, -0.15) is 0 Å². The van der Waals surface area contributed by atoms with Gasteiger partial charge in [-0.15, -0.1) is 11.3 Å². The minimum Gasteiger partial charge on any atom is -0.308 e. The molecule has 1 aliphatic rings. The topological polar surface area (TPSA) is 28.2 Å². The number of nitrogens with zero attached hydrogens (tertiary/aromatic N) is 2. The van der Waals surface area contributed by atoms with Gasteiger partial charge in [-0.25, -0.2) is 4.98 Å². The molecule has 1 aliphatic heterocycles. The van der Waals surface area contributed by atoms with E-state index in [1.165, 1.54) is 44.6 Å². The largest absolute Gasteiger partial charge is 0.308 e. The van der Waals surface area contributed by atoms with Gasteiger partial charge in [0.05, 0.1) is 10.7 Å². The third-order valence-corrected chi connectivity index (χ3v) is 4.20. The molecule has 1 N–H and O–H groups in total. The van der Waals surface area contributed by atoms with Crippen molar-refractivity contribution in [1.29, 1.82) is 0 Å². The highest BCUT2D eigenvalue weighted by atomic mass is 32.1. The average Bonchev–Trinajstić information content (AvgIpc) is 2.77. The Balaban J connectivity index is 1.67. The summed E-state index contributed by atoms with van der Waals surface area (Å²) in [6.07, 6.45) is 4.17. The van der Waals surface area contributed by atoms with Gasteiger partial charge in [-0.1, -0.05) is 6.42 Å². The maximum atomic E-state index is 4.52. The first-order valence-electron chi connectivity index (χ1n) is 6.63. The molecule has 17 heavy (non-hydrogen) atoms. The number of hydrogen-bond donors (Lipinski definition) is 1. The molecular weight excluding hydrogens is 230 g/mol. The molecule has 1 aromatic heterocycles. The molecule has 0 radical (unpaired) electrons. The number of hydrogen-bond acceptors (Lipinski definition) is 4. The lowest BCUT2D eigenvalue weighted by atomic mass is 10.1. The second-order valence-corrected chi connectivity index (χ2v) is 5.93. The van der Waals surface area contributed by atoms with E-state index in [0.29, 0.717) is 6.04 Å². The summed E-state index contributed by atoms with van der Waals surface area (Å²) in [5.74, 6) is 0. The van der Waals surface area contributed by atoms with Gasteiger partial charge in [0, 0.05) is 24.5 Å². The molecule has 2 heterocycles. The van der Waals surface area contributed by atoms with Crippen LogP contribution in [-0.4, -0.2) is 36.1 Å². The monoisotopic (exact) mass is 253 g/mol. The number of likely N-dealkylation sites (tertiary alicyclic amines) is 1. The molecule has 0 spiro atoms. The second kappa shape index (κ2) is 6.47. The molecule has 0 bridgehead atoms. The maximum Gasteiger partial charge on any atom is 0.0898 e. The van der Waals surface area contributed by atoms with Crippen LogP contribution in [0.3, 0.4) is 0 Å². The molecule has 1 atom stereocenters. The third-order valence-electron chi connectivity index (χ3n) is 3.41. The van der Waals surface area contributed by atoms with Crippen molar-refractivity contribution in [3.63, 3.8) is 0 Å². The number of aromatic nitrogens is 1. The Kier molecular flexibility index (Phi) is 4.95. The van der Waals surface area contributed by atoms with Crippen LogP contribution in [-0.2, 0) is 0 Å². The Hall–Kier alpha value is -0.450. The summed E-state index contributed by atoms with van der Waals surface area (Å²) < 4.78 is 0. The molecule has 0 aromatic carbocycles. The molecule has 1 aromatic rings. The normalized spacial score (nSPS) is 19.4. The Morgan fingerprint density at radius 3 is 2.82 bits per heavy atom. The third kappa shape index (κ3) is 4.05. The molecule has 0 amide bonds. The lowest BCUT2D eigenvalue weighted by Gasteiger charge is -2.26. The predicted molar refractivity (Wildman–Crippen MR) is 73.6 cm³/mol. The van der Waals surface area contributed by atoms with E-state index < -0.39 is 0 Å². The van der Waals surface area contributed by atoms with Crippen LogP contribution < -0.4 is 5.32 Å². The molecule has 1 fully saturated rings. The minimum atomic E-state index is 0.379. The van der Waals surface area contributed by atoms with Crippen LogP contribution in [0.25, 0.3) is 0 Å². The first-order valence-corrected chi connectivity index (χ1v) is 7.51. The fraction of sp³-hybridized carbons (Fsp3) is 0.769. The van der Waals surface area contributed by atoms with Crippen molar-refractivity contribution in [3.05, 3.63) is 16.1 Å². The highest BCUT2D eigenvalue weighted by Crippen LogP contribution is 2.15. The van der Waals surface area contributed by atoms with Crippen molar-refractivity contribution >= 4 is 11.3 Å². The molecule has 1 saturated heterocycles. The molecule has 96 valence electrons. The van der Waals surface area contributed by atoms with Gasteiger partial charge in [0.15, 0.2) is 0 Å². The second-order valence-electron chi connectivity index (χ2n) is 4.87. The lowest BCUT2D eigenvalue weighted by Crippen LogP contribution is -2.36. The zero-order chi connectivity index (χ0) is 12.1. The summed E-state index contributed by atoms with van der Waals surface area (Å²) in [5.41, 5.74) is 1.19. The molecule has 3 nitrogen and oxygen atoms in total. The van der Waals surface area contributed by atoms with Crippen molar-refractivity contribution < 1.29 is 0 Å². The number of nitrogens with one attached hydrogen (secondary N) is 1. The predicted octanol–water partition coefficient (Wildman–Crippen LogP) is 2.59.